The Hall–Kier alpha value is -7.30. The first-order chi connectivity index (χ1) is 26.8. The first-order valence-corrected chi connectivity index (χ1v) is 18.4. The molecule has 0 fully saturated rings. The van der Waals surface area contributed by atoms with Gasteiger partial charge < -0.3 is 4.57 Å². The van der Waals surface area contributed by atoms with Crippen LogP contribution in [0.3, 0.4) is 0 Å². The predicted molar refractivity (Wildman–Crippen MR) is 226 cm³/mol. The number of fused-ring (bicyclic) bond motifs is 11. The third-order valence-corrected chi connectivity index (χ3v) is 11.3. The van der Waals surface area contributed by atoms with E-state index in [1.807, 2.05) is 6.07 Å². The van der Waals surface area contributed by atoms with Gasteiger partial charge in [-0.15, -0.1) is 0 Å². The van der Waals surface area contributed by atoms with Crippen molar-refractivity contribution in [3.63, 3.8) is 0 Å². The Balaban J connectivity index is 1.26. The number of hydrogen-bond donors (Lipinski definition) is 0. The van der Waals surface area contributed by atoms with Gasteiger partial charge >= 0.3 is 0 Å². The molecule has 0 saturated heterocycles. The summed E-state index contributed by atoms with van der Waals surface area (Å²) < 4.78 is 4.75. The van der Waals surface area contributed by atoms with Crippen molar-refractivity contribution in [1.29, 1.82) is 0 Å². The van der Waals surface area contributed by atoms with Crippen molar-refractivity contribution >= 4 is 86.8 Å². The van der Waals surface area contributed by atoms with Crippen LogP contribution in [0.1, 0.15) is 0 Å². The van der Waals surface area contributed by atoms with Gasteiger partial charge in [0.15, 0.2) is 0 Å². The predicted octanol–water partition coefficient (Wildman–Crippen LogP) is 13.0. The fourth-order valence-corrected chi connectivity index (χ4v) is 8.84. The SMILES string of the molecule is c1ccc(-c2nc(-n3c4ccccc4c4cc5c6cc7ccccc7cc6n(-c6cc7ccccc7c7ccccc67)c5cc43)nc3ccccc23)cc1. The lowest BCUT2D eigenvalue weighted by Crippen LogP contribution is -2.03. The van der Waals surface area contributed by atoms with Crippen LogP contribution >= 0.6 is 0 Å². The second kappa shape index (κ2) is 11.1. The van der Waals surface area contributed by atoms with Crippen LogP contribution in [0.15, 0.2) is 182 Å². The average molecular weight is 687 g/mol. The van der Waals surface area contributed by atoms with Crippen LogP contribution in [0.5, 0.6) is 0 Å². The molecule has 0 saturated carbocycles. The molecule has 0 unspecified atom stereocenters. The Labute approximate surface area is 309 Å². The van der Waals surface area contributed by atoms with E-state index in [1.165, 1.54) is 59.4 Å². The quantitative estimate of drug-likeness (QED) is 0.173. The highest BCUT2D eigenvalue weighted by molar-refractivity contribution is 6.22. The topological polar surface area (TPSA) is 35.6 Å². The largest absolute Gasteiger partial charge is 0.308 e. The maximum atomic E-state index is 5.37. The molecule has 9 aromatic carbocycles. The van der Waals surface area contributed by atoms with Gasteiger partial charge in [-0.1, -0.05) is 140 Å². The number of hydrogen-bond acceptors (Lipinski definition) is 2. The van der Waals surface area contributed by atoms with Crippen molar-refractivity contribution < 1.29 is 0 Å². The van der Waals surface area contributed by atoms with Crippen molar-refractivity contribution in [3.05, 3.63) is 182 Å². The number of para-hydroxylation sites is 2. The minimum Gasteiger partial charge on any atom is -0.308 e. The van der Waals surface area contributed by atoms with Gasteiger partial charge in [-0.3, -0.25) is 4.57 Å². The molecule has 0 aliphatic carbocycles. The Kier molecular flexibility index (Phi) is 6.02. The summed E-state index contributed by atoms with van der Waals surface area (Å²) in [6, 6.07) is 65.5. The highest BCUT2D eigenvalue weighted by Gasteiger charge is 2.22. The molecule has 0 spiro atoms. The summed E-state index contributed by atoms with van der Waals surface area (Å²) in [4.78, 5) is 10.6. The summed E-state index contributed by atoms with van der Waals surface area (Å²) in [6.45, 7) is 0. The first-order valence-electron chi connectivity index (χ1n) is 18.4. The molecule has 0 aliphatic heterocycles. The Bertz CT molecular complexity index is 3500. The lowest BCUT2D eigenvalue weighted by molar-refractivity contribution is 1.01. The molecule has 0 aliphatic rings. The summed E-state index contributed by atoms with van der Waals surface area (Å²) in [5.41, 5.74) is 8.53. The minimum atomic E-state index is 0.655. The summed E-state index contributed by atoms with van der Waals surface area (Å²) in [7, 11) is 0. The highest BCUT2D eigenvalue weighted by atomic mass is 15.2. The highest BCUT2D eigenvalue weighted by Crippen LogP contribution is 2.43. The molecular weight excluding hydrogens is 657 g/mol. The normalized spacial score (nSPS) is 12.1. The first kappa shape index (κ1) is 29.3. The average Bonchev–Trinajstić information content (AvgIpc) is 3.72. The summed E-state index contributed by atoms with van der Waals surface area (Å²) in [5.74, 6) is 0.655. The van der Waals surface area contributed by atoms with Crippen molar-refractivity contribution in [2.75, 3.05) is 0 Å². The number of nitrogens with zero attached hydrogens (tertiary/aromatic N) is 4. The molecule has 0 atom stereocenters. The lowest BCUT2D eigenvalue weighted by atomic mass is 10.00. The van der Waals surface area contributed by atoms with E-state index in [-0.39, 0.29) is 0 Å². The molecule has 0 bridgehead atoms. The van der Waals surface area contributed by atoms with E-state index in [9.17, 15) is 0 Å². The van der Waals surface area contributed by atoms with E-state index in [0.717, 1.165) is 44.4 Å². The molecule has 0 radical (unpaired) electrons. The fraction of sp³-hybridized carbons (Fsp3) is 0. The molecule has 4 heteroatoms. The van der Waals surface area contributed by atoms with Crippen molar-refractivity contribution in [1.82, 2.24) is 19.1 Å². The Morgan fingerprint density at radius 3 is 1.72 bits per heavy atom. The van der Waals surface area contributed by atoms with Gasteiger partial charge in [-0.05, 0) is 69.4 Å². The summed E-state index contributed by atoms with van der Waals surface area (Å²) in [6.07, 6.45) is 0. The van der Waals surface area contributed by atoms with Crippen molar-refractivity contribution in [2.45, 2.75) is 0 Å². The molecule has 3 aromatic heterocycles. The van der Waals surface area contributed by atoms with Crippen LogP contribution in [0.4, 0.5) is 0 Å². The maximum Gasteiger partial charge on any atom is 0.235 e. The minimum absolute atomic E-state index is 0.655. The number of rotatable bonds is 3. The summed E-state index contributed by atoms with van der Waals surface area (Å²) in [5, 5.41) is 13.2. The summed E-state index contributed by atoms with van der Waals surface area (Å²) >= 11 is 0. The van der Waals surface area contributed by atoms with Gasteiger partial charge in [0.1, 0.15) is 0 Å². The van der Waals surface area contributed by atoms with Crippen LogP contribution in [-0.4, -0.2) is 19.1 Å². The fourth-order valence-electron chi connectivity index (χ4n) is 8.84. The molecule has 4 nitrogen and oxygen atoms in total. The third-order valence-electron chi connectivity index (χ3n) is 11.3. The molecule has 0 N–H and O–H groups in total. The van der Waals surface area contributed by atoms with Gasteiger partial charge in [0.05, 0.1) is 39.0 Å². The molecule has 250 valence electrons. The van der Waals surface area contributed by atoms with Crippen molar-refractivity contribution in [2.24, 2.45) is 0 Å². The number of aromatic nitrogens is 4. The van der Waals surface area contributed by atoms with Crippen LogP contribution in [0.2, 0.25) is 0 Å². The van der Waals surface area contributed by atoms with E-state index in [1.54, 1.807) is 0 Å². The van der Waals surface area contributed by atoms with Gasteiger partial charge in [-0.25, -0.2) is 9.97 Å². The molecule has 12 aromatic rings. The Morgan fingerprint density at radius 2 is 0.889 bits per heavy atom. The van der Waals surface area contributed by atoms with Gasteiger partial charge in [0.2, 0.25) is 5.95 Å². The molecule has 3 heterocycles. The molecule has 54 heavy (non-hydrogen) atoms. The smallest absolute Gasteiger partial charge is 0.235 e. The van der Waals surface area contributed by atoms with E-state index in [4.69, 9.17) is 9.97 Å². The zero-order valence-corrected chi connectivity index (χ0v) is 29.1. The van der Waals surface area contributed by atoms with E-state index in [2.05, 4.69) is 185 Å². The van der Waals surface area contributed by atoms with Gasteiger partial charge in [0, 0.05) is 37.9 Å². The van der Waals surface area contributed by atoms with Crippen LogP contribution in [0, 0.1) is 0 Å². The van der Waals surface area contributed by atoms with Crippen molar-refractivity contribution in [3.8, 4) is 22.9 Å². The van der Waals surface area contributed by atoms with E-state index in [0.29, 0.717) is 5.95 Å². The van der Waals surface area contributed by atoms with Gasteiger partial charge in [0.25, 0.3) is 0 Å². The maximum absolute atomic E-state index is 5.37. The van der Waals surface area contributed by atoms with E-state index < -0.39 is 0 Å². The van der Waals surface area contributed by atoms with Crippen LogP contribution in [0.25, 0.3) is 110 Å². The third kappa shape index (κ3) is 4.13. The monoisotopic (exact) mass is 686 g/mol. The number of benzene rings is 9. The standard InChI is InChI=1S/C50H30N4/c1-2-14-31(15-3-1)49-39-23-10-12-24-43(39)51-50(52-49)54-44-25-13-11-22-38(44)41-29-42-40-26-32-16-4-5-17-33(32)27-46(40)53(47(42)30-48(41)54)45-28-34-18-6-7-19-35(34)36-20-8-9-21-37(36)45/h1-30H. The lowest BCUT2D eigenvalue weighted by Gasteiger charge is -2.15. The Morgan fingerprint density at radius 1 is 0.315 bits per heavy atom. The molecule has 12 rings (SSSR count). The second-order valence-electron chi connectivity index (χ2n) is 14.2. The molecular formula is C50H30N4. The van der Waals surface area contributed by atoms with Crippen LogP contribution in [-0.2, 0) is 0 Å². The zero-order valence-electron chi connectivity index (χ0n) is 29.1. The zero-order chi connectivity index (χ0) is 35.3. The van der Waals surface area contributed by atoms with E-state index >= 15 is 0 Å². The second-order valence-corrected chi connectivity index (χ2v) is 14.2. The molecule has 0 amide bonds. The van der Waals surface area contributed by atoms with Gasteiger partial charge in [-0.2, -0.15) is 0 Å². The van der Waals surface area contributed by atoms with Crippen LogP contribution < -0.4 is 0 Å².